The summed E-state index contributed by atoms with van der Waals surface area (Å²) in [6.07, 6.45) is 11.4. The van der Waals surface area contributed by atoms with E-state index in [0.717, 1.165) is 24.1 Å². The maximum atomic E-state index is 5.22. The number of hydrogen-bond acceptors (Lipinski definition) is 5. The van der Waals surface area contributed by atoms with Gasteiger partial charge in [0.1, 0.15) is 0 Å². The maximum Gasteiger partial charge on any atom is 0.207 e. The number of pyridine rings is 2. The van der Waals surface area contributed by atoms with Crippen LogP contribution in [0.15, 0.2) is 18.3 Å². The number of nitrogens with one attached hydrogen (secondary N) is 1. The summed E-state index contributed by atoms with van der Waals surface area (Å²) in [4.78, 5) is 9.63. The molecular formula is C21H24N6. The molecule has 0 atom stereocenters. The summed E-state index contributed by atoms with van der Waals surface area (Å²) in [5.41, 5.74) is 8.39. The van der Waals surface area contributed by atoms with Crippen molar-refractivity contribution in [2.24, 2.45) is 0 Å². The molecule has 3 heterocycles. The fourth-order valence-corrected chi connectivity index (χ4v) is 4.77. The lowest BCUT2D eigenvalue weighted by molar-refractivity contribution is 0.643. The zero-order chi connectivity index (χ0) is 18.2. The molecular weight excluding hydrogens is 336 g/mol. The third-order valence-corrected chi connectivity index (χ3v) is 6.00. The van der Waals surface area contributed by atoms with Gasteiger partial charge in [0.05, 0.1) is 11.3 Å². The average molecular weight is 360 g/mol. The molecule has 1 saturated carbocycles. The van der Waals surface area contributed by atoms with Gasteiger partial charge in [0.2, 0.25) is 5.82 Å². The van der Waals surface area contributed by atoms with E-state index in [2.05, 4.69) is 37.7 Å². The van der Waals surface area contributed by atoms with Gasteiger partial charge in [-0.2, -0.15) is 5.21 Å². The minimum absolute atomic E-state index is 0.493. The van der Waals surface area contributed by atoms with E-state index in [1.54, 1.807) is 0 Å². The standard InChI is InChI=1S/C21H24N6/c1-13-12-15(10-11-22-13)18-16-8-4-5-9-17(16)23-20(14-6-2-3-7-14)19(18)21-24-26-27-25-21/h10-12,14H,2-9H2,1H3,(H,24,25,26,27). The number of tetrazole rings is 1. The van der Waals surface area contributed by atoms with Gasteiger partial charge >= 0.3 is 0 Å². The molecule has 0 amide bonds. The summed E-state index contributed by atoms with van der Waals surface area (Å²) in [5, 5.41) is 15.2. The van der Waals surface area contributed by atoms with Crippen LogP contribution >= 0.6 is 0 Å². The van der Waals surface area contributed by atoms with Crippen LogP contribution in [0.4, 0.5) is 0 Å². The quantitative estimate of drug-likeness (QED) is 0.758. The zero-order valence-corrected chi connectivity index (χ0v) is 15.7. The van der Waals surface area contributed by atoms with Gasteiger partial charge in [0.25, 0.3) is 0 Å². The average Bonchev–Trinajstić information content (AvgIpc) is 3.40. The summed E-state index contributed by atoms with van der Waals surface area (Å²) in [6, 6.07) is 4.28. The van der Waals surface area contributed by atoms with Crippen LogP contribution in [0.2, 0.25) is 0 Å². The van der Waals surface area contributed by atoms with Crippen molar-refractivity contribution in [3.63, 3.8) is 0 Å². The van der Waals surface area contributed by atoms with E-state index < -0.39 is 0 Å². The van der Waals surface area contributed by atoms with Crippen molar-refractivity contribution in [1.82, 2.24) is 30.6 Å². The Labute approximate surface area is 158 Å². The van der Waals surface area contributed by atoms with Crippen molar-refractivity contribution in [2.45, 2.75) is 64.2 Å². The highest BCUT2D eigenvalue weighted by Crippen LogP contribution is 2.45. The van der Waals surface area contributed by atoms with Crippen LogP contribution < -0.4 is 0 Å². The Morgan fingerprint density at radius 1 is 1.04 bits per heavy atom. The molecule has 1 N–H and O–H groups in total. The molecule has 0 aliphatic heterocycles. The molecule has 3 aromatic rings. The molecule has 0 saturated heterocycles. The second-order valence-electron chi connectivity index (χ2n) is 7.78. The Bertz CT molecular complexity index is 957. The molecule has 2 aliphatic carbocycles. The normalized spacial score (nSPS) is 17.2. The molecule has 5 rings (SSSR count). The maximum absolute atomic E-state index is 5.22. The van der Waals surface area contributed by atoms with Crippen LogP contribution in [0.1, 0.15) is 67.1 Å². The van der Waals surface area contributed by atoms with Gasteiger partial charge < -0.3 is 0 Å². The number of aromatic amines is 1. The third kappa shape index (κ3) is 2.93. The second kappa shape index (κ2) is 6.83. The number of aryl methyl sites for hydroxylation is 2. The van der Waals surface area contributed by atoms with Gasteiger partial charge in [-0.05, 0) is 79.5 Å². The van der Waals surface area contributed by atoms with Crippen molar-refractivity contribution >= 4 is 0 Å². The SMILES string of the molecule is Cc1cc(-c2c3c(nc(C4CCCC4)c2-c2nn[nH]n2)CCCC3)ccn1. The lowest BCUT2D eigenvalue weighted by Crippen LogP contribution is -2.14. The van der Waals surface area contributed by atoms with Crippen molar-refractivity contribution < 1.29 is 0 Å². The van der Waals surface area contributed by atoms with Crippen LogP contribution in [0, 0.1) is 6.92 Å². The van der Waals surface area contributed by atoms with Crippen molar-refractivity contribution in [3.05, 3.63) is 41.0 Å². The monoisotopic (exact) mass is 360 g/mol. The molecule has 2 aliphatic rings. The van der Waals surface area contributed by atoms with E-state index in [-0.39, 0.29) is 0 Å². The molecule has 3 aromatic heterocycles. The van der Waals surface area contributed by atoms with Crippen LogP contribution in [0.3, 0.4) is 0 Å². The number of fused-ring (bicyclic) bond motifs is 1. The minimum Gasteiger partial charge on any atom is -0.262 e. The molecule has 0 radical (unpaired) electrons. The first-order chi connectivity index (χ1) is 13.3. The largest absolute Gasteiger partial charge is 0.262 e. The van der Waals surface area contributed by atoms with Crippen molar-refractivity contribution in [2.75, 3.05) is 0 Å². The molecule has 0 unspecified atom stereocenters. The van der Waals surface area contributed by atoms with E-state index in [0.29, 0.717) is 11.7 Å². The summed E-state index contributed by atoms with van der Waals surface area (Å²) in [7, 11) is 0. The number of nitrogens with zero attached hydrogens (tertiary/aromatic N) is 5. The van der Waals surface area contributed by atoms with Gasteiger partial charge in [-0.15, -0.1) is 10.2 Å². The zero-order valence-electron chi connectivity index (χ0n) is 15.7. The van der Waals surface area contributed by atoms with E-state index in [1.807, 2.05) is 13.1 Å². The first-order valence-corrected chi connectivity index (χ1v) is 10.0. The van der Waals surface area contributed by atoms with Crippen molar-refractivity contribution in [3.8, 4) is 22.5 Å². The lowest BCUT2D eigenvalue weighted by atomic mass is 9.83. The van der Waals surface area contributed by atoms with Gasteiger partial charge in [-0.1, -0.05) is 12.8 Å². The summed E-state index contributed by atoms with van der Waals surface area (Å²) in [5.74, 6) is 1.16. The molecule has 1 fully saturated rings. The highest BCUT2D eigenvalue weighted by molar-refractivity contribution is 5.85. The minimum atomic E-state index is 0.493. The molecule has 6 nitrogen and oxygen atoms in total. The number of aromatic nitrogens is 6. The molecule has 27 heavy (non-hydrogen) atoms. The predicted octanol–water partition coefficient (Wildman–Crippen LogP) is 4.17. The van der Waals surface area contributed by atoms with E-state index in [1.165, 1.54) is 66.6 Å². The van der Waals surface area contributed by atoms with Crippen LogP contribution in [0.5, 0.6) is 0 Å². The lowest BCUT2D eigenvalue weighted by Gasteiger charge is -2.25. The van der Waals surface area contributed by atoms with Crippen LogP contribution in [-0.2, 0) is 12.8 Å². The molecule has 0 aromatic carbocycles. The molecule has 0 spiro atoms. The number of rotatable bonds is 3. The topological polar surface area (TPSA) is 80.2 Å². The second-order valence-corrected chi connectivity index (χ2v) is 7.78. The van der Waals surface area contributed by atoms with Gasteiger partial charge in [0, 0.05) is 23.5 Å². The van der Waals surface area contributed by atoms with E-state index >= 15 is 0 Å². The predicted molar refractivity (Wildman–Crippen MR) is 103 cm³/mol. The number of hydrogen-bond donors (Lipinski definition) is 1. The van der Waals surface area contributed by atoms with Gasteiger partial charge in [0.15, 0.2) is 0 Å². The molecule has 138 valence electrons. The van der Waals surface area contributed by atoms with E-state index in [9.17, 15) is 0 Å². The van der Waals surface area contributed by atoms with Crippen LogP contribution in [0.25, 0.3) is 22.5 Å². The highest BCUT2D eigenvalue weighted by Gasteiger charge is 2.30. The Balaban J connectivity index is 1.84. The molecule has 6 heteroatoms. The van der Waals surface area contributed by atoms with Crippen molar-refractivity contribution in [1.29, 1.82) is 0 Å². The smallest absolute Gasteiger partial charge is 0.207 e. The summed E-state index contributed by atoms with van der Waals surface area (Å²) in [6.45, 7) is 2.04. The Morgan fingerprint density at radius 3 is 2.67 bits per heavy atom. The third-order valence-electron chi connectivity index (χ3n) is 6.00. The Kier molecular flexibility index (Phi) is 4.19. The summed E-state index contributed by atoms with van der Waals surface area (Å²) >= 11 is 0. The first kappa shape index (κ1) is 16.5. The van der Waals surface area contributed by atoms with Gasteiger partial charge in [-0.25, -0.2) is 0 Å². The Hall–Kier alpha value is -2.63. The van der Waals surface area contributed by atoms with Crippen LogP contribution in [-0.4, -0.2) is 30.6 Å². The fraction of sp³-hybridized carbons (Fsp3) is 0.476. The van der Waals surface area contributed by atoms with Gasteiger partial charge in [-0.3, -0.25) is 9.97 Å². The highest BCUT2D eigenvalue weighted by atomic mass is 15.5. The fourth-order valence-electron chi connectivity index (χ4n) is 4.77. The summed E-state index contributed by atoms with van der Waals surface area (Å²) < 4.78 is 0. The Morgan fingerprint density at radius 2 is 1.89 bits per heavy atom. The molecule has 0 bridgehead atoms. The number of H-pyrrole nitrogens is 1. The first-order valence-electron chi connectivity index (χ1n) is 10.0. The van der Waals surface area contributed by atoms with E-state index in [4.69, 9.17) is 4.98 Å².